The Bertz CT molecular complexity index is 582. The first kappa shape index (κ1) is 13.7. The van der Waals surface area contributed by atoms with Crippen LogP contribution in [0.2, 0.25) is 0 Å². The highest BCUT2D eigenvalue weighted by atomic mass is 16.5. The van der Waals surface area contributed by atoms with Crippen LogP contribution in [0.15, 0.2) is 41.0 Å². The van der Waals surface area contributed by atoms with Gasteiger partial charge in [-0.2, -0.15) is 0 Å². The molecule has 1 aromatic carbocycles. The molecule has 0 saturated heterocycles. The Kier molecular flexibility index (Phi) is 4.05. The molecule has 0 bridgehead atoms. The van der Waals surface area contributed by atoms with Crippen molar-refractivity contribution in [3.8, 4) is 5.75 Å². The number of ether oxygens (including phenoxy) is 1. The minimum atomic E-state index is -1.20. The van der Waals surface area contributed by atoms with Gasteiger partial charge in [0.1, 0.15) is 11.5 Å². The molecular weight excluding hydrogens is 264 g/mol. The van der Waals surface area contributed by atoms with Crippen molar-refractivity contribution in [1.29, 1.82) is 0 Å². The van der Waals surface area contributed by atoms with Gasteiger partial charge in [-0.05, 0) is 30.3 Å². The lowest BCUT2D eigenvalue weighted by atomic mass is 10.1. The van der Waals surface area contributed by atoms with Crippen molar-refractivity contribution in [3.63, 3.8) is 0 Å². The number of furan rings is 1. The van der Waals surface area contributed by atoms with Crippen LogP contribution in [0.4, 0.5) is 0 Å². The Morgan fingerprint density at radius 2 is 1.75 bits per heavy atom. The zero-order chi connectivity index (χ0) is 14.5. The molecule has 20 heavy (non-hydrogen) atoms. The van der Waals surface area contributed by atoms with Gasteiger partial charge in [0.05, 0.1) is 24.0 Å². The van der Waals surface area contributed by atoms with Crippen LogP contribution in [0.25, 0.3) is 0 Å². The van der Waals surface area contributed by atoms with Gasteiger partial charge in [0.2, 0.25) is 0 Å². The minimum absolute atomic E-state index is 0.127. The summed E-state index contributed by atoms with van der Waals surface area (Å²) < 4.78 is 10.5. The molecule has 0 atom stereocenters. The third-order valence-electron chi connectivity index (χ3n) is 2.60. The van der Waals surface area contributed by atoms with Crippen molar-refractivity contribution in [1.82, 2.24) is 0 Å². The second-order valence-corrected chi connectivity index (χ2v) is 4.03. The van der Waals surface area contributed by atoms with Gasteiger partial charge < -0.3 is 19.4 Å². The Morgan fingerprint density at radius 1 is 1.10 bits per heavy atom. The largest absolute Gasteiger partial charge is 0.493 e. The van der Waals surface area contributed by atoms with Gasteiger partial charge in [-0.3, -0.25) is 0 Å². The fourth-order valence-corrected chi connectivity index (χ4v) is 1.65. The average molecular weight is 276 g/mol. The van der Waals surface area contributed by atoms with E-state index >= 15 is 0 Å². The summed E-state index contributed by atoms with van der Waals surface area (Å²) in [6.07, 6.45) is 2.05. The van der Waals surface area contributed by atoms with Crippen LogP contribution in [0, 0.1) is 0 Å². The third-order valence-corrected chi connectivity index (χ3v) is 2.60. The molecular formula is C14H12O6. The lowest BCUT2D eigenvalue weighted by Crippen LogP contribution is -2.06. The second kappa shape index (κ2) is 5.92. The molecule has 0 radical (unpaired) electrons. The van der Waals surface area contributed by atoms with E-state index < -0.39 is 11.9 Å². The number of carboxylic acid groups (broad SMARTS) is 2. The molecule has 1 aromatic heterocycles. The summed E-state index contributed by atoms with van der Waals surface area (Å²) in [5.74, 6) is -1.47. The number of rotatable bonds is 6. The summed E-state index contributed by atoms with van der Waals surface area (Å²) in [7, 11) is 0. The van der Waals surface area contributed by atoms with Gasteiger partial charge in [-0.15, -0.1) is 0 Å². The van der Waals surface area contributed by atoms with E-state index in [0.29, 0.717) is 6.42 Å². The van der Waals surface area contributed by atoms with Crippen molar-refractivity contribution in [2.24, 2.45) is 0 Å². The first-order valence-electron chi connectivity index (χ1n) is 5.83. The van der Waals surface area contributed by atoms with Gasteiger partial charge in [0, 0.05) is 6.42 Å². The minimum Gasteiger partial charge on any atom is -0.493 e. The second-order valence-electron chi connectivity index (χ2n) is 4.03. The Morgan fingerprint density at radius 3 is 2.25 bits per heavy atom. The van der Waals surface area contributed by atoms with Crippen molar-refractivity contribution in [3.05, 3.63) is 53.5 Å². The van der Waals surface area contributed by atoms with Crippen LogP contribution in [-0.4, -0.2) is 28.8 Å². The van der Waals surface area contributed by atoms with E-state index in [1.807, 2.05) is 0 Å². The van der Waals surface area contributed by atoms with Gasteiger partial charge >= 0.3 is 11.9 Å². The normalized spacial score (nSPS) is 10.2. The number of hydrogen-bond donors (Lipinski definition) is 2. The van der Waals surface area contributed by atoms with E-state index in [0.717, 1.165) is 11.8 Å². The zero-order valence-electron chi connectivity index (χ0n) is 10.4. The topological polar surface area (TPSA) is 97.0 Å². The highest BCUT2D eigenvalue weighted by Crippen LogP contribution is 2.18. The van der Waals surface area contributed by atoms with E-state index in [9.17, 15) is 9.59 Å². The van der Waals surface area contributed by atoms with Crippen molar-refractivity contribution >= 4 is 11.9 Å². The molecule has 2 N–H and O–H groups in total. The fourth-order valence-electron chi connectivity index (χ4n) is 1.65. The monoisotopic (exact) mass is 276 g/mol. The molecule has 0 fully saturated rings. The molecule has 0 aliphatic heterocycles. The SMILES string of the molecule is O=C(O)c1cc(OCCc2ccco2)cc(C(=O)O)c1. The van der Waals surface area contributed by atoms with E-state index in [1.54, 1.807) is 18.4 Å². The van der Waals surface area contributed by atoms with Crippen molar-refractivity contribution < 1.29 is 29.0 Å². The highest BCUT2D eigenvalue weighted by Gasteiger charge is 2.12. The molecule has 0 spiro atoms. The van der Waals surface area contributed by atoms with Crippen molar-refractivity contribution in [2.45, 2.75) is 6.42 Å². The van der Waals surface area contributed by atoms with Crippen LogP contribution >= 0.6 is 0 Å². The van der Waals surface area contributed by atoms with E-state index in [2.05, 4.69) is 0 Å². The van der Waals surface area contributed by atoms with Gasteiger partial charge in [0.15, 0.2) is 0 Å². The van der Waals surface area contributed by atoms with Crippen LogP contribution < -0.4 is 4.74 Å². The lowest BCUT2D eigenvalue weighted by Gasteiger charge is -2.07. The zero-order valence-corrected chi connectivity index (χ0v) is 10.4. The summed E-state index contributed by atoms with van der Waals surface area (Å²) >= 11 is 0. The standard InChI is InChI=1S/C14H12O6/c15-13(16)9-6-10(14(17)18)8-12(7-9)20-5-3-11-2-1-4-19-11/h1-2,4,6-8H,3,5H2,(H,15,16)(H,17,18). The molecule has 104 valence electrons. The molecule has 6 heteroatoms. The Balaban J connectivity index is 2.09. The van der Waals surface area contributed by atoms with E-state index in [1.165, 1.54) is 12.1 Å². The predicted molar refractivity (Wildman–Crippen MR) is 68.3 cm³/mol. The first-order valence-corrected chi connectivity index (χ1v) is 5.83. The molecule has 2 aromatic rings. The quantitative estimate of drug-likeness (QED) is 0.840. The van der Waals surface area contributed by atoms with E-state index in [-0.39, 0.29) is 23.5 Å². The maximum Gasteiger partial charge on any atom is 0.335 e. The van der Waals surface area contributed by atoms with Crippen molar-refractivity contribution in [2.75, 3.05) is 6.61 Å². The van der Waals surface area contributed by atoms with Gasteiger partial charge in [0.25, 0.3) is 0 Å². The molecule has 0 aliphatic carbocycles. The number of carbonyl (C=O) groups is 2. The maximum atomic E-state index is 10.9. The number of hydrogen-bond acceptors (Lipinski definition) is 4. The molecule has 0 unspecified atom stereocenters. The summed E-state index contributed by atoms with van der Waals surface area (Å²) in [6, 6.07) is 7.21. The predicted octanol–water partition coefficient (Wildman–Crippen LogP) is 2.30. The van der Waals surface area contributed by atoms with Crippen LogP contribution in [0.5, 0.6) is 5.75 Å². The summed E-state index contributed by atoms with van der Waals surface area (Å²) in [6.45, 7) is 0.260. The Labute approximate surface area is 114 Å². The number of aromatic carboxylic acids is 2. The third kappa shape index (κ3) is 3.38. The number of benzene rings is 1. The first-order chi connectivity index (χ1) is 9.56. The highest BCUT2D eigenvalue weighted by molar-refractivity contribution is 5.94. The number of carboxylic acids is 2. The summed E-state index contributed by atoms with van der Waals surface area (Å²) in [5, 5.41) is 17.9. The maximum absolute atomic E-state index is 10.9. The smallest absolute Gasteiger partial charge is 0.335 e. The molecule has 0 saturated carbocycles. The fraction of sp³-hybridized carbons (Fsp3) is 0.143. The Hall–Kier alpha value is -2.76. The average Bonchev–Trinajstić information content (AvgIpc) is 2.91. The van der Waals surface area contributed by atoms with Gasteiger partial charge in [-0.25, -0.2) is 9.59 Å². The van der Waals surface area contributed by atoms with E-state index in [4.69, 9.17) is 19.4 Å². The van der Waals surface area contributed by atoms with Gasteiger partial charge in [-0.1, -0.05) is 0 Å². The van der Waals surface area contributed by atoms with Crippen LogP contribution in [0.3, 0.4) is 0 Å². The molecule has 6 nitrogen and oxygen atoms in total. The lowest BCUT2D eigenvalue weighted by molar-refractivity contribution is 0.0696. The molecule has 0 amide bonds. The summed E-state index contributed by atoms with van der Waals surface area (Å²) in [4.78, 5) is 21.9. The van der Waals surface area contributed by atoms with Crippen LogP contribution in [-0.2, 0) is 6.42 Å². The van der Waals surface area contributed by atoms with Crippen LogP contribution in [0.1, 0.15) is 26.5 Å². The molecule has 2 rings (SSSR count). The summed E-state index contributed by atoms with van der Waals surface area (Å²) in [5.41, 5.74) is -0.254. The molecule has 1 heterocycles. The molecule has 0 aliphatic rings.